The smallest absolute Gasteiger partial charge is 0.109 e. The SMILES string of the molecule is CCC(C)(C)c1ccc(C(C)(C)C)o1. The summed E-state index contributed by atoms with van der Waals surface area (Å²) in [5, 5.41) is 0. The maximum Gasteiger partial charge on any atom is 0.109 e. The number of hydrogen-bond acceptors (Lipinski definition) is 1. The van der Waals surface area contributed by atoms with Crippen molar-refractivity contribution in [1.29, 1.82) is 0 Å². The average molecular weight is 194 g/mol. The first-order chi connectivity index (χ1) is 6.27. The zero-order valence-electron chi connectivity index (χ0n) is 10.3. The molecule has 0 spiro atoms. The molecule has 1 aromatic heterocycles. The molecule has 1 aromatic rings. The molecule has 0 aliphatic heterocycles. The topological polar surface area (TPSA) is 13.1 Å². The van der Waals surface area contributed by atoms with Crippen molar-refractivity contribution in [3.63, 3.8) is 0 Å². The minimum atomic E-state index is 0.113. The maximum absolute atomic E-state index is 5.90. The lowest BCUT2D eigenvalue weighted by atomic mass is 9.88. The van der Waals surface area contributed by atoms with Gasteiger partial charge in [0.15, 0.2) is 0 Å². The zero-order chi connectivity index (χ0) is 11.0. The van der Waals surface area contributed by atoms with Crippen LogP contribution in [0.15, 0.2) is 16.5 Å². The highest BCUT2D eigenvalue weighted by Crippen LogP contribution is 2.32. The number of hydrogen-bond donors (Lipinski definition) is 0. The van der Waals surface area contributed by atoms with Gasteiger partial charge in [0.1, 0.15) is 11.5 Å². The lowest BCUT2D eigenvalue weighted by Gasteiger charge is -2.20. The van der Waals surface area contributed by atoms with Crippen LogP contribution in [0.25, 0.3) is 0 Å². The van der Waals surface area contributed by atoms with Gasteiger partial charge in [0, 0.05) is 10.8 Å². The molecule has 0 radical (unpaired) electrons. The molecule has 0 aliphatic rings. The Labute approximate surface area is 87.5 Å². The van der Waals surface area contributed by atoms with Gasteiger partial charge in [-0.05, 0) is 18.6 Å². The van der Waals surface area contributed by atoms with E-state index in [0.717, 1.165) is 17.9 Å². The highest BCUT2D eigenvalue weighted by atomic mass is 16.3. The van der Waals surface area contributed by atoms with Gasteiger partial charge in [-0.3, -0.25) is 0 Å². The second-order valence-corrected chi connectivity index (χ2v) is 5.65. The minimum absolute atomic E-state index is 0.113. The Morgan fingerprint density at radius 2 is 1.50 bits per heavy atom. The molecule has 14 heavy (non-hydrogen) atoms. The molecule has 80 valence electrons. The summed E-state index contributed by atoms with van der Waals surface area (Å²) >= 11 is 0. The van der Waals surface area contributed by atoms with Crippen LogP contribution in [0.3, 0.4) is 0 Å². The van der Waals surface area contributed by atoms with Crippen molar-refractivity contribution in [2.24, 2.45) is 0 Å². The molecule has 0 saturated heterocycles. The van der Waals surface area contributed by atoms with Crippen molar-refractivity contribution in [3.8, 4) is 0 Å². The molecule has 0 bridgehead atoms. The van der Waals surface area contributed by atoms with Crippen LogP contribution in [0.1, 0.15) is 59.5 Å². The van der Waals surface area contributed by atoms with Gasteiger partial charge in [-0.1, -0.05) is 41.5 Å². The van der Waals surface area contributed by atoms with E-state index < -0.39 is 0 Å². The Bertz CT molecular complexity index is 299. The quantitative estimate of drug-likeness (QED) is 0.685. The van der Waals surface area contributed by atoms with Gasteiger partial charge in [0.2, 0.25) is 0 Å². The lowest BCUT2D eigenvalue weighted by Crippen LogP contribution is -2.15. The van der Waals surface area contributed by atoms with E-state index in [0.29, 0.717) is 0 Å². The predicted molar refractivity (Wildman–Crippen MR) is 60.7 cm³/mol. The van der Waals surface area contributed by atoms with Crippen LogP contribution < -0.4 is 0 Å². The van der Waals surface area contributed by atoms with Crippen LogP contribution in [0.2, 0.25) is 0 Å². The Kier molecular flexibility index (Phi) is 2.80. The summed E-state index contributed by atoms with van der Waals surface area (Å²) in [6.45, 7) is 13.2. The molecule has 1 rings (SSSR count). The van der Waals surface area contributed by atoms with Crippen molar-refractivity contribution < 1.29 is 4.42 Å². The number of furan rings is 1. The zero-order valence-corrected chi connectivity index (χ0v) is 10.3. The monoisotopic (exact) mass is 194 g/mol. The van der Waals surface area contributed by atoms with Crippen LogP contribution in [-0.2, 0) is 10.8 Å². The fourth-order valence-electron chi connectivity index (χ4n) is 1.28. The summed E-state index contributed by atoms with van der Waals surface area (Å²) in [7, 11) is 0. The van der Waals surface area contributed by atoms with Crippen LogP contribution in [0.5, 0.6) is 0 Å². The van der Waals surface area contributed by atoms with E-state index in [4.69, 9.17) is 4.42 Å². The van der Waals surface area contributed by atoms with E-state index in [1.54, 1.807) is 0 Å². The lowest BCUT2D eigenvalue weighted by molar-refractivity contribution is 0.326. The summed E-state index contributed by atoms with van der Waals surface area (Å²) in [5.74, 6) is 2.18. The Hall–Kier alpha value is -0.720. The molecule has 0 saturated carbocycles. The molecule has 0 atom stereocenters. The van der Waals surface area contributed by atoms with Gasteiger partial charge < -0.3 is 4.42 Å². The molecular weight excluding hydrogens is 172 g/mol. The average Bonchev–Trinajstić information content (AvgIpc) is 2.51. The minimum Gasteiger partial charge on any atom is -0.465 e. The largest absolute Gasteiger partial charge is 0.465 e. The summed E-state index contributed by atoms with van der Waals surface area (Å²) in [6.07, 6.45) is 1.10. The van der Waals surface area contributed by atoms with Crippen LogP contribution >= 0.6 is 0 Å². The first-order valence-corrected chi connectivity index (χ1v) is 5.38. The molecule has 0 unspecified atom stereocenters. The van der Waals surface area contributed by atoms with E-state index >= 15 is 0 Å². The van der Waals surface area contributed by atoms with Crippen molar-refractivity contribution >= 4 is 0 Å². The van der Waals surface area contributed by atoms with Crippen LogP contribution in [0, 0.1) is 0 Å². The molecule has 1 heteroatoms. The first-order valence-electron chi connectivity index (χ1n) is 5.38. The third-order valence-corrected chi connectivity index (χ3v) is 2.90. The van der Waals surface area contributed by atoms with Crippen LogP contribution in [-0.4, -0.2) is 0 Å². The third kappa shape index (κ3) is 2.20. The summed E-state index contributed by atoms with van der Waals surface area (Å²) in [4.78, 5) is 0. The second-order valence-electron chi connectivity index (χ2n) is 5.65. The van der Waals surface area contributed by atoms with Gasteiger partial charge in [0.25, 0.3) is 0 Å². The van der Waals surface area contributed by atoms with E-state index in [1.807, 2.05) is 0 Å². The maximum atomic E-state index is 5.90. The molecule has 0 aliphatic carbocycles. The fourth-order valence-corrected chi connectivity index (χ4v) is 1.28. The van der Waals surface area contributed by atoms with E-state index in [9.17, 15) is 0 Å². The highest BCUT2D eigenvalue weighted by Gasteiger charge is 2.25. The van der Waals surface area contributed by atoms with E-state index in [1.165, 1.54) is 0 Å². The Morgan fingerprint density at radius 1 is 1.00 bits per heavy atom. The van der Waals surface area contributed by atoms with Gasteiger partial charge in [-0.25, -0.2) is 0 Å². The molecule has 1 nitrogen and oxygen atoms in total. The van der Waals surface area contributed by atoms with Crippen LogP contribution in [0.4, 0.5) is 0 Å². The second kappa shape index (κ2) is 3.45. The summed E-state index contributed by atoms with van der Waals surface area (Å²) in [6, 6.07) is 4.22. The molecular formula is C13H22O. The first kappa shape index (κ1) is 11.4. The molecule has 0 fully saturated rings. The van der Waals surface area contributed by atoms with Gasteiger partial charge in [0.05, 0.1) is 0 Å². The van der Waals surface area contributed by atoms with Gasteiger partial charge in [-0.15, -0.1) is 0 Å². The number of rotatable bonds is 2. The predicted octanol–water partition coefficient (Wildman–Crippen LogP) is 4.26. The Balaban J connectivity index is 3.00. The molecule has 1 heterocycles. The van der Waals surface area contributed by atoms with Crippen molar-refractivity contribution in [1.82, 2.24) is 0 Å². The third-order valence-electron chi connectivity index (χ3n) is 2.90. The summed E-state index contributed by atoms with van der Waals surface area (Å²) < 4.78 is 5.90. The van der Waals surface area contributed by atoms with E-state index in [-0.39, 0.29) is 10.8 Å². The van der Waals surface area contributed by atoms with Crippen molar-refractivity contribution in [2.75, 3.05) is 0 Å². The molecule has 0 aromatic carbocycles. The molecule has 0 N–H and O–H groups in total. The van der Waals surface area contributed by atoms with Crippen molar-refractivity contribution in [2.45, 2.75) is 58.8 Å². The van der Waals surface area contributed by atoms with Crippen molar-refractivity contribution in [3.05, 3.63) is 23.7 Å². The fraction of sp³-hybridized carbons (Fsp3) is 0.692. The normalized spacial score (nSPS) is 13.3. The van der Waals surface area contributed by atoms with Gasteiger partial charge >= 0.3 is 0 Å². The standard InChI is InChI=1S/C13H22O/c1-7-13(5,6)11-9-8-10(14-11)12(2,3)4/h8-9H,7H2,1-6H3. The summed E-state index contributed by atoms with van der Waals surface area (Å²) in [5.41, 5.74) is 0.269. The Morgan fingerprint density at radius 3 is 1.86 bits per heavy atom. The van der Waals surface area contributed by atoms with E-state index in [2.05, 4.69) is 53.7 Å². The van der Waals surface area contributed by atoms with Gasteiger partial charge in [-0.2, -0.15) is 0 Å². The molecule has 0 amide bonds. The highest BCUT2D eigenvalue weighted by molar-refractivity contribution is 5.19.